The van der Waals surface area contributed by atoms with Gasteiger partial charge in [0.05, 0.1) is 35.8 Å². The molecule has 2 aromatic heterocycles. The first-order valence-electron chi connectivity index (χ1n) is 10.5. The van der Waals surface area contributed by atoms with E-state index in [-0.39, 0.29) is 6.04 Å². The number of carbonyl (C=O) groups is 1. The molecule has 1 aliphatic heterocycles. The average molecular weight is 422 g/mol. The lowest BCUT2D eigenvalue weighted by Gasteiger charge is -2.41. The summed E-state index contributed by atoms with van der Waals surface area (Å²) in [5.41, 5.74) is 3.41. The highest BCUT2D eigenvalue weighted by atomic mass is 16.5. The Morgan fingerprint density at radius 3 is 2.84 bits per heavy atom. The number of fused-ring (bicyclic) bond motifs is 2. The topological polar surface area (TPSA) is 105 Å². The van der Waals surface area contributed by atoms with E-state index in [1.54, 1.807) is 26.4 Å². The molecule has 0 saturated heterocycles. The Morgan fingerprint density at radius 2 is 2.10 bits per heavy atom. The molecule has 0 atom stereocenters. The van der Waals surface area contributed by atoms with Gasteiger partial charge in [-0.25, -0.2) is 9.67 Å². The Bertz CT molecular complexity index is 1170. The van der Waals surface area contributed by atoms with Crippen LogP contribution in [0.1, 0.15) is 36.9 Å². The van der Waals surface area contributed by atoms with Gasteiger partial charge in [0.1, 0.15) is 5.75 Å². The van der Waals surface area contributed by atoms with Crippen LogP contribution in [0.5, 0.6) is 5.75 Å². The number of anilines is 2. The van der Waals surface area contributed by atoms with E-state index in [0.29, 0.717) is 24.4 Å². The molecule has 0 spiro atoms. The first-order chi connectivity index (χ1) is 14.9. The molecule has 0 radical (unpaired) electrons. The number of nitrogens with one attached hydrogen (secondary N) is 1. The van der Waals surface area contributed by atoms with Gasteiger partial charge in [-0.15, -0.1) is 0 Å². The van der Waals surface area contributed by atoms with Crippen LogP contribution in [0.25, 0.3) is 11.0 Å². The summed E-state index contributed by atoms with van der Waals surface area (Å²) in [6.45, 7) is 3.71. The fraction of sp³-hybridized carbons (Fsp3) is 0.455. The lowest BCUT2D eigenvalue weighted by Crippen LogP contribution is -2.42. The molecule has 0 amide bonds. The van der Waals surface area contributed by atoms with Crippen molar-refractivity contribution in [3.8, 4) is 5.75 Å². The van der Waals surface area contributed by atoms with Gasteiger partial charge in [-0.3, -0.25) is 4.79 Å². The predicted molar refractivity (Wildman–Crippen MR) is 116 cm³/mol. The van der Waals surface area contributed by atoms with Gasteiger partial charge in [0.25, 0.3) is 0 Å². The van der Waals surface area contributed by atoms with Gasteiger partial charge >= 0.3 is 5.97 Å². The van der Waals surface area contributed by atoms with Crippen molar-refractivity contribution < 1.29 is 14.6 Å². The van der Waals surface area contributed by atoms with Crippen molar-refractivity contribution in [1.82, 2.24) is 24.6 Å². The Balaban J connectivity index is 1.44. The predicted octanol–water partition coefficient (Wildman–Crippen LogP) is 2.99. The van der Waals surface area contributed by atoms with Crippen molar-refractivity contribution >= 4 is 28.6 Å². The lowest BCUT2D eigenvalue weighted by molar-refractivity contribution is -0.155. The van der Waals surface area contributed by atoms with Gasteiger partial charge in [0.2, 0.25) is 5.95 Å². The summed E-state index contributed by atoms with van der Waals surface area (Å²) in [5.74, 6) is 0.455. The van der Waals surface area contributed by atoms with Crippen LogP contribution in [-0.4, -0.2) is 56.4 Å². The molecular weight excluding hydrogens is 396 g/mol. The fourth-order valence-electron chi connectivity index (χ4n) is 4.61. The second kappa shape index (κ2) is 7.19. The number of nitrogens with zero attached hydrogens (tertiary/aromatic N) is 5. The smallest absolute Gasteiger partial charge is 0.309 e. The van der Waals surface area contributed by atoms with E-state index in [0.717, 1.165) is 36.3 Å². The molecule has 3 aromatic rings. The zero-order valence-electron chi connectivity index (χ0n) is 17.9. The number of rotatable bonds is 5. The normalized spacial score (nSPS) is 23.3. The van der Waals surface area contributed by atoms with Gasteiger partial charge in [0.15, 0.2) is 5.65 Å². The number of hydrogen-bond donors (Lipinski definition) is 2. The van der Waals surface area contributed by atoms with Gasteiger partial charge < -0.3 is 20.1 Å². The molecule has 2 N–H and O–H groups in total. The maximum atomic E-state index is 11.4. The maximum absolute atomic E-state index is 11.4. The maximum Gasteiger partial charge on any atom is 0.309 e. The number of likely N-dealkylation sites (N-methyl/N-ethyl adjacent to an activating group) is 1. The van der Waals surface area contributed by atoms with Crippen molar-refractivity contribution in [2.75, 3.05) is 26.0 Å². The Labute approximate surface area is 180 Å². The molecule has 1 aromatic carbocycles. The number of hydrogen-bond acceptors (Lipinski definition) is 7. The second-order valence-corrected chi connectivity index (χ2v) is 8.92. The number of carboxylic acid groups (broad SMARTS) is 1. The number of methoxy groups -OCH3 is 1. The number of carboxylic acids is 1. The molecule has 2 aliphatic rings. The quantitative estimate of drug-likeness (QED) is 0.647. The number of aromatic nitrogens is 4. The zero-order valence-corrected chi connectivity index (χ0v) is 17.9. The van der Waals surface area contributed by atoms with Crippen molar-refractivity contribution in [3.63, 3.8) is 0 Å². The van der Waals surface area contributed by atoms with Crippen LogP contribution in [-0.2, 0) is 17.8 Å². The molecule has 1 fully saturated rings. The van der Waals surface area contributed by atoms with Gasteiger partial charge in [-0.05, 0) is 56.5 Å². The summed E-state index contributed by atoms with van der Waals surface area (Å²) in [5, 5.41) is 18.0. The third kappa shape index (κ3) is 3.38. The van der Waals surface area contributed by atoms with E-state index in [4.69, 9.17) is 9.72 Å². The Morgan fingerprint density at radius 1 is 1.29 bits per heavy atom. The number of ether oxygens (including phenoxy) is 1. The highest BCUT2D eigenvalue weighted by molar-refractivity contribution is 5.78. The molecule has 31 heavy (non-hydrogen) atoms. The van der Waals surface area contributed by atoms with E-state index in [2.05, 4.69) is 39.5 Å². The minimum Gasteiger partial charge on any atom is -0.495 e. The van der Waals surface area contributed by atoms with Crippen LogP contribution < -0.4 is 10.1 Å². The Kier molecular flexibility index (Phi) is 4.58. The molecule has 1 saturated carbocycles. The summed E-state index contributed by atoms with van der Waals surface area (Å²) in [7, 11) is 3.78. The second-order valence-electron chi connectivity index (χ2n) is 8.92. The third-order valence-electron chi connectivity index (χ3n) is 6.54. The first kappa shape index (κ1) is 19.7. The van der Waals surface area contributed by atoms with E-state index in [9.17, 15) is 9.90 Å². The number of benzene rings is 1. The van der Waals surface area contributed by atoms with Gasteiger partial charge in [-0.2, -0.15) is 10.1 Å². The zero-order chi connectivity index (χ0) is 21.8. The summed E-state index contributed by atoms with van der Waals surface area (Å²) in [6, 6.07) is 4.23. The SMILES string of the molecule is COc1cc2c(cc1Nc1ncc3cnn(C4CC(C)(C(=O)O)C4)c3n1)CN(C)CC2. The molecule has 9 heteroatoms. The molecular formula is C22H26N6O3. The summed E-state index contributed by atoms with van der Waals surface area (Å²) in [6.07, 6.45) is 5.55. The van der Waals surface area contributed by atoms with Crippen LogP contribution in [0, 0.1) is 5.41 Å². The van der Waals surface area contributed by atoms with Crippen LogP contribution in [0.2, 0.25) is 0 Å². The largest absolute Gasteiger partial charge is 0.495 e. The molecule has 0 bridgehead atoms. The molecule has 5 rings (SSSR count). The van der Waals surface area contributed by atoms with Crippen molar-refractivity contribution in [3.05, 3.63) is 35.7 Å². The number of aliphatic carboxylic acids is 1. The van der Waals surface area contributed by atoms with Gasteiger partial charge in [0, 0.05) is 19.3 Å². The molecule has 3 heterocycles. The van der Waals surface area contributed by atoms with Crippen LogP contribution in [0.4, 0.5) is 11.6 Å². The van der Waals surface area contributed by atoms with Crippen molar-refractivity contribution in [2.24, 2.45) is 5.41 Å². The average Bonchev–Trinajstić information content (AvgIpc) is 3.13. The van der Waals surface area contributed by atoms with E-state index >= 15 is 0 Å². The van der Waals surface area contributed by atoms with Crippen LogP contribution in [0.3, 0.4) is 0 Å². The minimum absolute atomic E-state index is 0.0233. The van der Waals surface area contributed by atoms with Crippen molar-refractivity contribution in [1.29, 1.82) is 0 Å². The highest BCUT2D eigenvalue weighted by Crippen LogP contribution is 2.48. The molecule has 162 valence electrons. The standard InChI is InChI=1S/C22H26N6O3/c1-22(20(29)30)8-16(9-22)28-19-15(11-24-28)10-23-21(26-19)25-17-6-14-12-27(2)5-4-13(14)7-18(17)31-3/h6-7,10-11,16H,4-5,8-9,12H2,1-3H3,(H,29,30)(H,23,25,26). The summed E-state index contributed by atoms with van der Waals surface area (Å²) < 4.78 is 7.44. The van der Waals surface area contributed by atoms with Crippen LogP contribution >= 0.6 is 0 Å². The third-order valence-corrected chi connectivity index (χ3v) is 6.54. The molecule has 1 aliphatic carbocycles. The summed E-state index contributed by atoms with van der Waals surface area (Å²) in [4.78, 5) is 22.9. The van der Waals surface area contributed by atoms with Gasteiger partial charge in [-0.1, -0.05) is 0 Å². The minimum atomic E-state index is -0.762. The molecule has 0 unspecified atom stereocenters. The van der Waals surface area contributed by atoms with Crippen molar-refractivity contribution in [2.45, 2.75) is 38.8 Å². The Hall–Kier alpha value is -3.20. The summed E-state index contributed by atoms with van der Waals surface area (Å²) >= 11 is 0. The highest BCUT2D eigenvalue weighted by Gasteiger charge is 2.48. The first-order valence-corrected chi connectivity index (χ1v) is 10.5. The van der Waals surface area contributed by atoms with Crippen LogP contribution in [0.15, 0.2) is 24.5 Å². The monoisotopic (exact) mass is 422 g/mol. The van der Waals surface area contributed by atoms with E-state index < -0.39 is 11.4 Å². The lowest BCUT2D eigenvalue weighted by atomic mass is 9.67. The van der Waals surface area contributed by atoms with E-state index in [1.165, 1.54) is 11.1 Å². The van der Waals surface area contributed by atoms with E-state index in [1.807, 2.05) is 4.68 Å². The fourth-order valence-corrected chi connectivity index (χ4v) is 4.61. The molecule has 9 nitrogen and oxygen atoms in total.